The van der Waals surface area contributed by atoms with Crippen molar-refractivity contribution in [2.45, 2.75) is 29.8 Å². The number of allylic oxidation sites excluding steroid dienone is 1. The normalized spacial score (nSPS) is 15.1. The second-order valence-corrected chi connectivity index (χ2v) is 3.41. The molecule has 21 heavy (non-hydrogen) atoms. The minimum absolute atomic E-state index is 4.27. The molecule has 0 saturated heterocycles. The van der Waals surface area contributed by atoms with Gasteiger partial charge in [0.1, 0.15) is 0 Å². The van der Waals surface area contributed by atoms with E-state index in [0.717, 1.165) is 0 Å². The Morgan fingerprint density at radius 1 is 0.571 bits per heavy atom. The van der Waals surface area contributed by atoms with Crippen molar-refractivity contribution < 1.29 is 62.2 Å². The molecule has 0 aliphatic carbocycles. The van der Waals surface area contributed by atoms with Gasteiger partial charge in [0.05, 0.1) is 0 Å². The van der Waals surface area contributed by atoms with Crippen LogP contribution in [0, 0.1) is 0 Å². The average molecular weight is 348 g/mol. The molecule has 1 nitrogen and oxygen atoms in total. The van der Waals surface area contributed by atoms with Crippen molar-refractivity contribution >= 4 is 0 Å². The monoisotopic (exact) mass is 348 g/mol. The van der Waals surface area contributed by atoms with Gasteiger partial charge in [-0.25, -0.2) is 0 Å². The van der Waals surface area contributed by atoms with Crippen molar-refractivity contribution in [2.24, 2.45) is 0 Å². The van der Waals surface area contributed by atoms with Gasteiger partial charge in [-0.15, -0.1) is 0 Å². The molecule has 0 spiro atoms. The molecule has 0 amide bonds. The first-order valence-electron chi connectivity index (χ1n) is 4.18. The fourth-order valence-electron chi connectivity index (χ4n) is 0.840. The van der Waals surface area contributed by atoms with E-state index in [1.54, 1.807) is 0 Å². The van der Waals surface area contributed by atoms with Crippen LogP contribution in [0.4, 0.5) is 57.1 Å². The summed E-state index contributed by atoms with van der Waals surface area (Å²) in [6.07, 6.45) is -11.2. The minimum atomic E-state index is -7.80. The van der Waals surface area contributed by atoms with E-state index in [1.165, 1.54) is 0 Å². The summed E-state index contributed by atoms with van der Waals surface area (Å²) in [5.74, 6) is -34.8. The van der Waals surface area contributed by atoms with E-state index in [1.807, 2.05) is 0 Å². The standard InChI is InChI=1S/C7HF13O/c8-1(2(9)10)3(11,12)4(13,14)5(15,16)6(17,18)7(19,20)21/h21H. The number of alkyl halides is 10. The summed E-state index contributed by atoms with van der Waals surface area (Å²) in [6, 6.07) is 0. The lowest BCUT2D eigenvalue weighted by atomic mass is 9.97. The molecule has 14 heteroatoms. The molecule has 0 fully saturated rings. The van der Waals surface area contributed by atoms with E-state index in [2.05, 4.69) is 0 Å². The highest BCUT2D eigenvalue weighted by atomic mass is 19.4. The molecule has 0 aromatic heterocycles. The number of halogens is 13. The third-order valence-corrected chi connectivity index (χ3v) is 2.00. The molecule has 0 aliphatic rings. The first-order valence-corrected chi connectivity index (χ1v) is 4.18. The van der Waals surface area contributed by atoms with E-state index in [9.17, 15) is 57.1 Å². The molecule has 1 N–H and O–H groups in total. The Kier molecular flexibility index (Phi) is 4.63. The molecule has 0 aromatic rings. The maximum atomic E-state index is 12.6. The van der Waals surface area contributed by atoms with Gasteiger partial charge in [-0.1, -0.05) is 0 Å². The van der Waals surface area contributed by atoms with E-state index in [-0.39, 0.29) is 0 Å². The predicted molar refractivity (Wildman–Crippen MR) is 37.3 cm³/mol. The number of hydrogen-bond acceptors (Lipinski definition) is 1. The van der Waals surface area contributed by atoms with Crippen LogP contribution in [0.5, 0.6) is 0 Å². The van der Waals surface area contributed by atoms with Gasteiger partial charge in [-0.3, -0.25) is 0 Å². The van der Waals surface area contributed by atoms with Crippen molar-refractivity contribution in [1.82, 2.24) is 0 Å². The van der Waals surface area contributed by atoms with Gasteiger partial charge in [0.25, 0.3) is 0 Å². The van der Waals surface area contributed by atoms with E-state index < -0.39 is 41.7 Å². The van der Waals surface area contributed by atoms with Crippen LogP contribution in [-0.2, 0) is 0 Å². The Morgan fingerprint density at radius 2 is 0.905 bits per heavy atom. The molecule has 0 saturated carbocycles. The summed E-state index contributed by atoms with van der Waals surface area (Å²) in [5, 5.41) is 7.36. The molecule has 0 rings (SSSR count). The molecule has 0 atom stereocenters. The van der Waals surface area contributed by atoms with Crippen LogP contribution in [0.25, 0.3) is 0 Å². The lowest BCUT2D eigenvalue weighted by Crippen LogP contribution is -2.67. The van der Waals surface area contributed by atoms with Crippen molar-refractivity contribution in [3.63, 3.8) is 0 Å². The van der Waals surface area contributed by atoms with Gasteiger partial charge < -0.3 is 5.11 Å². The fourth-order valence-corrected chi connectivity index (χ4v) is 0.840. The van der Waals surface area contributed by atoms with Gasteiger partial charge in [-0.05, 0) is 0 Å². The van der Waals surface area contributed by atoms with E-state index in [4.69, 9.17) is 5.11 Å². The number of aliphatic hydroxyl groups is 1. The third kappa shape index (κ3) is 2.64. The van der Waals surface area contributed by atoms with Crippen LogP contribution in [-0.4, -0.2) is 34.9 Å². The third-order valence-electron chi connectivity index (χ3n) is 2.00. The number of hydrogen-bond donors (Lipinski definition) is 1. The van der Waals surface area contributed by atoms with Gasteiger partial charge in [0.2, 0.25) is 5.83 Å². The molecule has 126 valence electrons. The van der Waals surface area contributed by atoms with Crippen LogP contribution in [0.3, 0.4) is 0 Å². The van der Waals surface area contributed by atoms with Crippen LogP contribution in [0.2, 0.25) is 0 Å². The summed E-state index contributed by atoms with van der Waals surface area (Å²) in [4.78, 5) is 0. The first-order chi connectivity index (χ1) is 8.85. The maximum absolute atomic E-state index is 12.6. The molecular weight excluding hydrogens is 347 g/mol. The van der Waals surface area contributed by atoms with Crippen LogP contribution in [0.1, 0.15) is 0 Å². The smallest absolute Gasteiger partial charge is 0.331 e. The Balaban J connectivity index is 6.20. The summed E-state index contributed by atoms with van der Waals surface area (Å²) in [5.41, 5.74) is 0. The highest BCUT2D eigenvalue weighted by Crippen LogP contribution is 2.58. The molecular formula is C7HF13O. The van der Waals surface area contributed by atoms with Crippen LogP contribution in [0.15, 0.2) is 11.9 Å². The summed E-state index contributed by atoms with van der Waals surface area (Å²) < 4.78 is 158. The fraction of sp³-hybridized carbons (Fsp3) is 0.714. The summed E-state index contributed by atoms with van der Waals surface area (Å²) in [6.45, 7) is 0. The Hall–Kier alpha value is -1.21. The molecule has 0 bridgehead atoms. The summed E-state index contributed by atoms with van der Waals surface area (Å²) in [7, 11) is 0. The molecule has 0 heterocycles. The van der Waals surface area contributed by atoms with Gasteiger partial charge in [-0.2, -0.15) is 57.1 Å². The van der Waals surface area contributed by atoms with Crippen LogP contribution >= 0.6 is 0 Å². The van der Waals surface area contributed by atoms with E-state index >= 15 is 0 Å². The maximum Gasteiger partial charge on any atom is 0.423 e. The first kappa shape index (κ1) is 19.8. The quantitative estimate of drug-likeness (QED) is 0.739. The molecule has 0 aliphatic heterocycles. The highest BCUT2D eigenvalue weighted by molar-refractivity contribution is 5.17. The lowest BCUT2D eigenvalue weighted by Gasteiger charge is -2.36. The molecule has 0 unspecified atom stereocenters. The van der Waals surface area contributed by atoms with Crippen LogP contribution < -0.4 is 0 Å². The summed E-state index contributed by atoms with van der Waals surface area (Å²) >= 11 is 0. The zero-order valence-corrected chi connectivity index (χ0v) is 8.86. The minimum Gasteiger partial charge on any atom is -0.331 e. The predicted octanol–water partition coefficient (Wildman–Crippen LogP) is 4.19. The Labute approximate surface area is 105 Å². The average Bonchev–Trinajstić information content (AvgIpc) is 2.25. The van der Waals surface area contributed by atoms with Crippen molar-refractivity contribution in [2.75, 3.05) is 0 Å². The van der Waals surface area contributed by atoms with Gasteiger partial charge in [0, 0.05) is 0 Å². The largest absolute Gasteiger partial charge is 0.423 e. The van der Waals surface area contributed by atoms with Gasteiger partial charge >= 0.3 is 35.9 Å². The lowest BCUT2D eigenvalue weighted by molar-refractivity contribution is -0.435. The topological polar surface area (TPSA) is 20.2 Å². The molecule has 0 aromatic carbocycles. The zero-order chi connectivity index (χ0) is 17.7. The zero-order valence-electron chi connectivity index (χ0n) is 8.86. The second kappa shape index (κ2) is 4.91. The van der Waals surface area contributed by atoms with Crippen molar-refractivity contribution in [3.05, 3.63) is 11.9 Å². The Bertz CT molecular complexity index is 426. The second-order valence-electron chi connectivity index (χ2n) is 3.41. The van der Waals surface area contributed by atoms with Crippen molar-refractivity contribution in [3.8, 4) is 0 Å². The highest BCUT2D eigenvalue weighted by Gasteiger charge is 2.87. The van der Waals surface area contributed by atoms with E-state index in [0.29, 0.717) is 0 Å². The SMILES string of the molecule is OC(F)(F)C(F)(F)C(F)(F)C(F)(F)C(F)(F)C(F)=C(F)F. The molecule has 0 radical (unpaired) electrons. The number of rotatable bonds is 5. The van der Waals surface area contributed by atoms with Gasteiger partial charge in [0.15, 0.2) is 0 Å². The Morgan fingerprint density at radius 3 is 1.14 bits per heavy atom. The van der Waals surface area contributed by atoms with Crippen molar-refractivity contribution in [1.29, 1.82) is 0 Å².